The van der Waals surface area contributed by atoms with Gasteiger partial charge in [0.1, 0.15) is 0 Å². The van der Waals surface area contributed by atoms with Crippen molar-refractivity contribution in [3.63, 3.8) is 0 Å². The smallest absolute Gasteiger partial charge is 0.248 e. The molecule has 0 spiro atoms. The van der Waals surface area contributed by atoms with Gasteiger partial charge in [-0.05, 0) is 29.9 Å². The normalized spacial score (nSPS) is 27.8. The van der Waals surface area contributed by atoms with Crippen molar-refractivity contribution in [2.45, 2.75) is 69.6 Å². The van der Waals surface area contributed by atoms with Gasteiger partial charge in [0.25, 0.3) is 0 Å². The van der Waals surface area contributed by atoms with Crippen LogP contribution in [0, 0.1) is 5.92 Å². The summed E-state index contributed by atoms with van der Waals surface area (Å²) < 4.78 is 24.5. The summed E-state index contributed by atoms with van der Waals surface area (Å²) in [6, 6.07) is 7.95. The summed E-state index contributed by atoms with van der Waals surface area (Å²) in [4.78, 5) is 19.2. The highest BCUT2D eigenvalue weighted by molar-refractivity contribution is 8.16. The van der Waals surface area contributed by atoms with Crippen molar-refractivity contribution in [3.8, 4) is 0 Å². The van der Waals surface area contributed by atoms with E-state index in [1.165, 1.54) is 37.4 Å². The third-order valence-corrected chi connectivity index (χ3v) is 9.56. The summed E-state index contributed by atoms with van der Waals surface area (Å²) >= 11 is 1.47. The fourth-order valence-electron chi connectivity index (χ4n) is 4.83. The van der Waals surface area contributed by atoms with Crippen LogP contribution >= 0.6 is 11.8 Å². The number of para-hydroxylation sites is 1. The molecule has 5 nitrogen and oxygen atoms in total. The molecular formula is C22H30N2O3S2. The van der Waals surface area contributed by atoms with E-state index in [-0.39, 0.29) is 28.7 Å². The van der Waals surface area contributed by atoms with Crippen LogP contribution < -0.4 is 4.90 Å². The van der Waals surface area contributed by atoms with Crippen LogP contribution in [0.5, 0.6) is 0 Å². The van der Waals surface area contributed by atoms with Crippen molar-refractivity contribution in [3.05, 3.63) is 29.8 Å². The lowest BCUT2D eigenvalue weighted by molar-refractivity contribution is -0.118. The number of thioether (sulfide) groups is 1. The highest BCUT2D eigenvalue weighted by atomic mass is 32.2. The first-order chi connectivity index (χ1) is 13.8. The Balaban J connectivity index is 1.61. The zero-order valence-electron chi connectivity index (χ0n) is 17.2. The lowest BCUT2D eigenvalue weighted by atomic mass is 9.99. The summed E-state index contributed by atoms with van der Waals surface area (Å²) in [5.41, 5.74) is 2.14. The first kappa shape index (κ1) is 20.9. The molecule has 1 aromatic carbocycles. The van der Waals surface area contributed by atoms with Crippen molar-refractivity contribution >= 4 is 38.4 Å². The zero-order chi connectivity index (χ0) is 20.6. The Kier molecular flexibility index (Phi) is 6.07. The van der Waals surface area contributed by atoms with E-state index in [2.05, 4.69) is 24.9 Å². The number of hydrogen-bond donors (Lipinski definition) is 0. The van der Waals surface area contributed by atoms with Gasteiger partial charge in [0, 0.05) is 17.4 Å². The van der Waals surface area contributed by atoms with Crippen molar-refractivity contribution in [2.24, 2.45) is 10.9 Å². The number of amides is 1. The third kappa shape index (κ3) is 4.55. The standard InChI is InChI=1S/C22H30N2O3S2/c1-15(2)17-9-5-6-10-18(17)24-19-13-29(26,27)14-20(19)28-22(24)23-21(25)12-11-16-7-3-4-8-16/h5-6,9-10,15-16,19-20H,3-4,7-8,11-14H2,1-2H3. The molecule has 2 heterocycles. The van der Waals surface area contributed by atoms with Crippen LogP contribution in [-0.4, -0.2) is 42.3 Å². The summed E-state index contributed by atoms with van der Waals surface area (Å²) in [7, 11) is -3.06. The Morgan fingerprint density at radius 3 is 2.66 bits per heavy atom. The van der Waals surface area contributed by atoms with Crippen LogP contribution in [0.4, 0.5) is 5.69 Å². The molecule has 0 aromatic heterocycles. The van der Waals surface area contributed by atoms with Crippen molar-refractivity contribution in [2.75, 3.05) is 16.4 Å². The molecule has 2 atom stereocenters. The number of benzene rings is 1. The zero-order valence-corrected chi connectivity index (χ0v) is 18.8. The van der Waals surface area contributed by atoms with Crippen LogP contribution in [-0.2, 0) is 14.6 Å². The number of aliphatic imine (C=N–C) groups is 1. The number of sulfone groups is 1. The molecule has 158 valence electrons. The fourth-order valence-corrected chi connectivity index (χ4v) is 8.75. The summed E-state index contributed by atoms with van der Waals surface area (Å²) in [6.07, 6.45) is 6.43. The number of anilines is 1. The van der Waals surface area contributed by atoms with Crippen LogP contribution in [0.1, 0.15) is 63.9 Å². The van der Waals surface area contributed by atoms with E-state index in [9.17, 15) is 13.2 Å². The van der Waals surface area contributed by atoms with Crippen LogP contribution in [0.3, 0.4) is 0 Å². The van der Waals surface area contributed by atoms with Crippen LogP contribution in [0.2, 0.25) is 0 Å². The Morgan fingerprint density at radius 1 is 1.21 bits per heavy atom. The molecule has 1 saturated carbocycles. The highest BCUT2D eigenvalue weighted by Crippen LogP contribution is 2.43. The molecule has 0 N–H and O–H groups in total. The maximum Gasteiger partial charge on any atom is 0.248 e. The van der Waals surface area contributed by atoms with Crippen LogP contribution in [0.15, 0.2) is 29.3 Å². The second-order valence-electron chi connectivity index (χ2n) is 8.86. The highest BCUT2D eigenvalue weighted by Gasteiger charge is 2.49. The van der Waals surface area contributed by atoms with Gasteiger partial charge in [0.05, 0.1) is 17.5 Å². The first-order valence-corrected chi connectivity index (χ1v) is 13.4. The largest absolute Gasteiger partial charge is 0.315 e. The predicted molar refractivity (Wildman–Crippen MR) is 120 cm³/mol. The quantitative estimate of drug-likeness (QED) is 0.688. The fraction of sp³-hybridized carbons (Fsp3) is 0.636. The average Bonchev–Trinajstić information content (AvgIpc) is 3.34. The maximum absolute atomic E-state index is 12.7. The minimum absolute atomic E-state index is 0.0541. The monoisotopic (exact) mass is 434 g/mol. The molecule has 0 bridgehead atoms. The molecule has 1 amide bonds. The van der Waals surface area contributed by atoms with Gasteiger partial charge in [-0.1, -0.05) is 69.5 Å². The Labute approximate surface area is 178 Å². The molecule has 2 unspecified atom stereocenters. The van der Waals surface area contributed by atoms with E-state index in [0.717, 1.165) is 17.7 Å². The van der Waals surface area contributed by atoms with Crippen molar-refractivity contribution in [1.82, 2.24) is 0 Å². The SMILES string of the molecule is CC(C)c1ccccc1N1C(=NC(=O)CCC2CCCC2)SC2CS(=O)(=O)CC21. The number of nitrogens with zero attached hydrogens (tertiary/aromatic N) is 2. The van der Waals surface area contributed by atoms with Gasteiger partial charge in [-0.3, -0.25) is 4.79 Å². The van der Waals surface area contributed by atoms with Gasteiger partial charge in [-0.25, -0.2) is 8.42 Å². The number of fused-ring (bicyclic) bond motifs is 1. The molecule has 1 aromatic rings. The van der Waals surface area contributed by atoms with Gasteiger partial charge in [-0.2, -0.15) is 4.99 Å². The first-order valence-electron chi connectivity index (χ1n) is 10.7. The minimum atomic E-state index is -3.06. The number of carbonyl (C=O) groups is 1. The molecule has 3 aliphatic rings. The predicted octanol–water partition coefficient (Wildman–Crippen LogP) is 4.38. The minimum Gasteiger partial charge on any atom is -0.315 e. The van der Waals surface area contributed by atoms with Crippen molar-refractivity contribution < 1.29 is 13.2 Å². The maximum atomic E-state index is 12.7. The average molecular weight is 435 g/mol. The Bertz CT molecular complexity index is 904. The molecule has 7 heteroatoms. The van der Waals surface area contributed by atoms with E-state index in [4.69, 9.17) is 0 Å². The van der Waals surface area contributed by atoms with Gasteiger partial charge in [0.15, 0.2) is 15.0 Å². The lowest BCUT2D eigenvalue weighted by Crippen LogP contribution is -2.38. The third-order valence-electron chi connectivity index (χ3n) is 6.35. The van der Waals surface area contributed by atoms with Gasteiger partial charge in [0.2, 0.25) is 5.91 Å². The number of hydrogen-bond acceptors (Lipinski definition) is 4. The lowest BCUT2D eigenvalue weighted by Gasteiger charge is -2.28. The molecule has 4 rings (SSSR count). The second-order valence-corrected chi connectivity index (χ2v) is 12.2. The molecule has 3 fully saturated rings. The molecule has 1 aliphatic carbocycles. The molecular weight excluding hydrogens is 404 g/mol. The topological polar surface area (TPSA) is 66.8 Å². The summed E-state index contributed by atoms with van der Waals surface area (Å²) in [5.74, 6) is 1.18. The molecule has 2 saturated heterocycles. The van der Waals surface area contributed by atoms with E-state index in [1.54, 1.807) is 0 Å². The van der Waals surface area contributed by atoms with E-state index < -0.39 is 9.84 Å². The molecule has 0 radical (unpaired) electrons. The second kappa shape index (κ2) is 8.42. The summed E-state index contributed by atoms with van der Waals surface area (Å²) in [6.45, 7) is 4.27. The summed E-state index contributed by atoms with van der Waals surface area (Å²) in [5, 5.41) is 0.626. The number of rotatable bonds is 5. The Morgan fingerprint density at radius 2 is 1.93 bits per heavy atom. The van der Waals surface area contributed by atoms with E-state index in [0.29, 0.717) is 23.4 Å². The van der Waals surface area contributed by atoms with Gasteiger partial charge < -0.3 is 4.90 Å². The van der Waals surface area contributed by atoms with Gasteiger partial charge in [-0.15, -0.1) is 0 Å². The Hall–Kier alpha value is -1.34. The van der Waals surface area contributed by atoms with Crippen molar-refractivity contribution in [1.29, 1.82) is 0 Å². The van der Waals surface area contributed by atoms with Gasteiger partial charge >= 0.3 is 0 Å². The van der Waals surface area contributed by atoms with Crippen LogP contribution in [0.25, 0.3) is 0 Å². The molecule has 2 aliphatic heterocycles. The number of carbonyl (C=O) groups excluding carboxylic acids is 1. The molecule has 29 heavy (non-hydrogen) atoms. The van der Waals surface area contributed by atoms with E-state index in [1.807, 2.05) is 23.1 Å². The number of amidine groups is 1. The van der Waals surface area contributed by atoms with E-state index >= 15 is 0 Å².